The maximum Gasteiger partial charge on any atom is 0.221 e. The minimum atomic E-state index is -3.31. The molecule has 22 heavy (non-hydrogen) atoms. The summed E-state index contributed by atoms with van der Waals surface area (Å²) in [5.74, 6) is -0.174. The van der Waals surface area contributed by atoms with Crippen molar-refractivity contribution in [3.8, 4) is 0 Å². The average molecular weight is 347 g/mol. The van der Waals surface area contributed by atoms with E-state index in [4.69, 9.17) is 11.6 Å². The van der Waals surface area contributed by atoms with Crippen LogP contribution in [0.5, 0.6) is 0 Å². The van der Waals surface area contributed by atoms with E-state index in [1.165, 1.54) is 10.6 Å². The number of benzene rings is 1. The lowest BCUT2D eigenvalue weighted by molar-refractivity contribution is -0.121. The molecule has 1 N–H and O–H groups in total. The van der Waals surface area contributed by atoms with Crippen LogP contribution in [0.2, 0.25) is 5.02 Å². The molecule has 0 spiro atoms. The Bertz CT molecular complexity index is 587. The van der Waals surface area contributed by atoms with E-state index in [9.17, 15) is 13.2 Å². The third-order valence-corrected chi connectivity index (χ3v) is 5.12. The monoisotopic (exact) mass is 346 g/mol. The third-order valence-electron chi connectivity index (χ3n) is 3.47. The van der Waals surface area contributed by atoms with Gasteiger partial charge in [-0.05, 0) is 31.0 Å². The highest BCUT2D eigenvalue weighted by Gasteiger charge is 2.22. The standard InChI is InChI=1S/C15H23ClN2O3S/c1-4-12(2)18(22(3,20)21)10-9-15(19)17-11-13-5-7-14(16)8-6-13/h5-8,12H,4,9-11H2,1-3H3,(H,17,19). The molecule has 0 radical (unpaired) electrons. The zero-order chi connectivity index (χ0) is 16.8. The molecule has 1 aromatic carbocycles. The van der Waals surface area contributed by atoms with Crippen LogP contribution in [-0.2, 0) is 21.4 Å². The molecule has 0 fully saturated rings. The minimum absolute atomic E-state index is 0.112. The van der Waals surface area contributed by atoms with E-state index in [-0.39, 0.29) is 24.9 Å². The smallest absolute Gasteiger partial charge is 0.221 e. The van der Waals surface area contributed by atoms with Crippen LogP contribution in [0.15, 0.2) is 24.3 Å². The van der Waals surface area contributed by atoms with Crippen molar-refractivity contribution in [2.24, 2.45) is 0 Å². The molecule has 1 amide bonds. The first-order valence-corrected chi connectivity index (χ1v) is 9.44. The molecule has 1 rings (SSSR count). The van der Waals surface area contributed by atoms with Crippen molar-refractivity contribution in [3.05, 3.63) is 34.9 Å². The van der Waals surface area contributed by atoms with Gasteiger partial charge in [0.1, 0.15) is 0 Å². The van der Waals surface area contributed by atoms with Gasteiger partial charge in [-0.1, -0.05) is 30.7 Å². The maximum atomic E-state index is 11.9. The molecule has 1 atom stereocenters. The Morgan fingerprint density at radius 1 is 1.32 bits per heavy atom. The fourth-order valence-electron chi connectivity index (χ4n) is 2.02. The lowest BCUT2D eigenvalue weighted by atomic mass is 10.2. The Morgan fingerprint density at radius 3 is 2.41 bits per heavy atom. The summed E-state index contributed by atoms with van der Waals surface area (Å²) in [4.78, 5) is 11.9. The summed E-state index contributed by atoms with van der Waals surface area (Å²) in [6, 6.07) is 7.09. The Labute approximate surface area is 137 Å². The van der Waals surface area contributed by atoms with E-state index in [0.29, 0.717) is 18.0 Å². The van der Waals surface area contributed by atoms with Crippen molar-refractivity contribution in [1.82, 2.24) is 9.62 Å². The number of rotatable bonds is 8. The number of nitrogens with one attached hydrogen (secondary N) is 1. The van der Waals surface area contributed by atoms with E-state index in [1.807, 2.05) is 26.0 Å². The topological polar surface area (TPSA) is 66.5 Å². The predicted octanol–water partition coefficient (Wildman–Crippen LogP) is 2.41. The lowest BCUT2D eigenvalue weighted by Crippen LogP contribution is -2.40. The maximum absolute atomic E-state index is 11.9. The largest absolute Gasteiger partial charge is 0.352 e. The second-order valence-electron chi connectivity index (χ2n) is 5.28. The van der Waals surface area contributed by atoms with Gasteiger partial charge in [0, 0.05) is 30.6 Å². The molecule has 0 heterocycles. The number of sulfonamides is 1. The zero-order valence-electron chi connectivity index (χ0n) is 13.2. The molecule has 0 aliphatic rings. The number of amides is 1. The van der Waals surface area contributed by atoms with E-state index in [0.717, 1.165) is 5.56 Å². The van der Waals surface area contributed by atoms with E-state index < -0.39 is 10.0 Å². The van der Waals surface area contributed by atoms with Gasteiger partial charge >= 0.3 is 0 Å². The number of halogens is 1. The van der Waals surface area contributed by atoms with Crippen LogP contribution in [0, 0.1) is 0 Å². The van der Waals surface area contributed by atoms with Gasteiger partial charge in [-0.15, -0.1) is 0 Å². The first-order chi connectivity index (χ1) is 10.2. The van der Waals surface area contributed by atoms with E-state index in [2.05, 4.69) is 5.32 Å². The third kappa shape index (κ3) is 6.34. The predicted molar refractivity (Wildman–Crippen MR) is 89.2 cm³/mol. The number of hydrogen-bond donors (Lipinski definition) is 1. The van der Waals surface area contributed by atoms with Crippen molar-refractivity contribution in [2.45, 2.75) is 39.3 Å². The molecule has 5 nitrogen and oxygen atoms in total. The SMILES string of the molecule is CCC(C)N(CCC(=O)NCc1ccc(Cl)cc1)S(C)(=O)=O. The van der Waals surface area contributed by atoms with Crippen LogP contribution in [0.1, 0.15) is 32.3 Å². The van der Waals surface area contributed by atoms with E-state index in [1.54, 1.807) is 12.1 Å². The quantitative estimate of drug-likeness (QED) is 0.786. The van der Waals surface area contributed by atoms with Crippen LogP contribution in [-0.4, -0.2) is 37.5 Å². The van der Waals surface area contributed by atoms with Crippen LogP contribution in [0.3, 0.4) is 0 Å². The summed E-state index contributed by atoms with van der Waals surface area (Å²) < 4.78 is 24.8. The van der Waals surface area contributed by atoms with Crippen molar-refractivity contribution in [3.63, 3.8) is 0 Å². The van der Waals surface area contributed by atoms with Crippen LogP contribution < -0.4 is 5.32 Å². The molecule has 0 aliphatic carbocycles. The number of nitrogens with zero attached hydrogens (tertiary/aromatic N) is 1. The zero-order valence-corrected chi connectivity index (χ0v) is 14.7. The van der Waals surface area contributed by atoms with Gasteiger partial charge in [0.25, 0.3) is 0 Å². The Morgan fingerprint density at radius 2 is 1.91 bits per heavy atom. The molecule has 1 aromatic rings. The first kappa shape index (κ1) is 18.9. The van der Waals surface area contributed by atoms with Crippen molar-refractivity contribution in [1.29, 1.82) is 0 Å². The van der Waals surface area contributed by atoms with Gasteiger partial charge in [0.2, 0.25) is 15.9 Å². The van der Waals surface area contributed by atoms with E-state index >= 15 is 0 Å². The highest BCUT2D eigenvalue weighted by Crippen LogP contribution is 2.11. The van der Waals surface area contributed by atoms with Crippen molar-refractivity contribution >= 4 is 27.5 Å². The van der Waals surface area contributed by atoms with Gasteiger partial charge < -0.3 is 5.32 Å². The van der Waals surface area contributed by atoms with Crippen LogP contribution in [0.4, 0.5) is 0 Å². The Kier molecular flexibility index (Phi) is 7.32. The van der Waals surface area contributed by atoms with Gasteiger partial charge in [0.15, 0.2) is 0 Å². The summed E-state index contributed by atoms with van der Waals surface area (Å²) in [6.07, 6.45) is 2.02. The van der Waals surface area contributed by atoms with Gasteiger partial charge in [0.05, 0.1) is 6.26 Å². The van der Waals surface area contributed by atoms with Crippen LogP contribution >= 0.6 is 11.6 Å². The summed E-state index contributed by atoms with van der Waals surface area (Å²) in [6.45, 7) is 4.36. The molecule has 0 bridgehead atoms. The molecular formula is C15H23ClN2O3S. The number of hydrogen-bond acceptors (Lipinski definition) is 3. The molecule has 0 aliphatic heterocycles. The Hall–Kier alpha value is -1.11. The minimum Gasteiger partial charge on any atom is -0.352 e. The molecule has 124 valence electrons. The normalized spacial score (nSPS) is 13.1. The molecule has 1 unspecified atom stereocenters. The molecule has 7 heteroatoms. The Balaban J connectivity index is 2.48. The number of carbonyl (C=O) groups is 1. The molecular weight excluding hydrogens is 324 g/mol. The van der Waals surface area contributed by atoms with Gasteiger partial charge in [-0.25, -0.2) is 8.42 Å². The first-order valence-electron chi connectivity index (χ1n) is 7.22. The second kappa shape index (κ2) is 8.50. The fourth-order valence-corrected chi connectivity index (χ4v) is 3.37. The fraction of sp³-hybridized carbons (Fsp3) is 0.533. The summed E-state index contributed by atoms with van der Waals surface area (Å²) in [7, 11) is -3.31. The molecule has 0 aromatic heterocycles. The summed E-state index contributed by atoms with van der Waals surface area (Å²) in [5, 5.41) is 3.42. The second-order valence-corrected chi connectivity index (χ2v) is 7.66. The highest BCUT2D eigenvalue weighted by atomic mass is 35.5. The number of carbonyl (C=O) groups excluding carboxylic acids is 1. The van der Waals surface area contributed by atoms with Crippen molar-refractivity contribution in [2.75, 3.05) is 12.8 Å². The lowest BCUT2D eigenvalue weighted by Gasteiger charge is -2.25. The molecule has 0 saturated carbocycles. The van der Waals surface area contributed by atoms with Crippen molar-refractivity contribution < 1.29 is 13.2 Å². The molecule has 0 saturated heterocycles. The summed E-state index contributed by atoms with van der Waals surface area (Å²) in [5.41, 5.74) is 0.944. The van der Waals surface area contributed by atoms with Gasteiger partial charge in [-0.3, -0.25) is 4.79 Å². The highest BCUT2D eigenvalue weighted by molar-refractivity contribution is 7.88. The summed E-state index contributed by atoms with van der Waals surface area (Å²) >= 11 is 5.80. The average Bonchev–Trinajstić information content (AvgIpc) is 2.45. The van der Waals surface area contributed by atoms with Gasteiger partial charge in [-0.2, -0.15) is 4.31 Å². The van der Waals surface area contributed by atoms with Crippen LogP contribution in [0.25, 0.3) is 0 Å².